The molecule has 4 aliphatic heterocycles. The molecule has 3 fully saturated rings. The molecule has 0 aromatic heterocycles. The lowest BCUT2D eigenvalue weighted by Crippen LogP contribution is -2.42. The molecule has 4 heterocycles. The van der Waals surface area contributed by atoms with E-state index in [1.807, 2.05) is 6.08 Å². The minimum atomic E-state index is 0.00304. The third kappa shape index (κ3) is 40.3. The highest BCUT2D eigenvalue weighted by Crippen LogP contribution is 2.28. The Morgan fingerprint density at radius 2 is 0.640 bits per heavy atom. The maximum atomic E-state index is 6.89. The number of nitrogens with zero attached hydrogens (tertiary/aromatic N) is 2. The summed E-state index contributed by atoms with van der Waals surface area (Å²) in [6, 6.07) is 0. The number of rotatable bonds is 59. The summed E-state index contributed by atoms with van der Waals surface area (Å²) in [5.74, 6) is 1.23. The molecule has 4 aliphatic rings. The highest BCUT2D eigenvalue weighted by atomic mass is 16.8. The van der Waals surface area contributed by atoms with Gasteiger partial charge in [0.15, 0.2) is 0 Å². The molecular weight excluding hydrogens is 931 g/mol. The number of nitrogens with one attached hydrogen (secondary N) is 1. The zero-order valence-corrected chi connectivity index (χ0v) is 50.1. The highest BCUT2D eigenvalue weighted by Gasteiger charge is 2.33. The van der Waals surface area contributed by atoms with Crippen LogP contribution in [0.15, 0.2) is 17.1 Å². The number of hydrogen-bond acceptors (Lipinski definition) is 9. The van der Waals surface area contributed by atoms with Gasteiger partial charge in [-0.15, -0.1) is 0 Å². The van der Waals surface area contributed by atoms with Crippen LogP contribution in [0.3, 0.4) is 0 Å². The molecule has 9 heteroatoms. The first-order valence-electron chi connectivity index (χ1n) is 33.9. The summed E-state index contributed by atoms with van der Waals surface area (Å²) in [6.07, 6.45) is 70.4. The molecule has 0 aliphatic carbocycles. The molecule has 1 N–H and O–H groups in total. The molecule has 0 bridgehead atoms. The molecule has 0 aromatic rings. The second kappa shape index (κ2) is 47.3. The van der Waals surface area contributed by atoms with Gasteiger partial charge < -0.3 is 23.7 Å². The lowest BCUT2D eigenvalue weighted by molar-refractivity contribution is -0.238. The lowest BCUT2D eigenvalue weighted by atomic mass is 10.0. The molecule has 0 amide bonds. The standard InChI is InChI=1S/C66H125N3O6/c1-4-7-10-13-16-19-22-25-28-31-34-37-40-43-46-49-59(52-62-56-70-62)73-65-55-66(74-60(53-63-57-71-63)50-47-44-41-38-35-32-29-26-23-20-17-14-11-8-5-2)68-69(67-65)75-61(54-64-58-72-64)51-48-45-42-39-36-33-30-27-24-21-18-15-12-9-6-3/h55,59-64,67H,4-54,56-58H2,1-3H3. The monoisotopic (exact) mass is 1060 g/mol. The number of hydrazine groups is 1. The van der Waals surface area contributed by atoms with Gasteiger partial charge in [-0.1, -0.05) is 307 Å². The Morgan fingerprint density at radius 1 is 0.387 bits per heavy atom. The van der Waals surface area contributed by atoms with E-state index in [9.17, 15) is 0 Å². The first kappa shape index (κ1) is 66.0. The molecule has 0 saturated carbocycles. The molecule has 440 valence electrons. The predicted octanol–water partition coefficient (Wildman–Crippen LogP) is 20.2. The van der Waals surface area contributed by atoms with Crippen LogP contribution in [0.5, 0.6) is 0 Å². The maximum Gasteiger partial charge on any atom is 0.241 e. The summed E-state index contributed by atoms with van der Waals surface area (Å²) >= 11 is 0. The summed E-state index contributed by atoms with van der Waals surface area (Å²) in [5, 5.41) is 6.54. The van der Waals surface area contributed by atoms with Crippen molar-refractivity contribution in [2.45, 2.75) is 385 Å². The molecule has 0 spiro atoms. The minimum Gasteiger partial charge on any atom is -0.474 e. The maximum absolute atomic E-state index is 6.89. The summed E-state index contributed by atoms with van der Waals surface area (Å²) < 4.78 is 31.0. The zero-order chi connectivity index (χ0) is 52.7. The molecule has 9 nitrogen and oxygen atoms in total. The van der Waals surface area contributed by atoms with E-state index in [2.05, 4.69) is 26.2 Å². The fourth-order valence-corrected chi connectivity index (χ4v) is 11.4. The van der Waals surface area contributed by atoms with Crippen molar-refractivity contribution in [3.63, 3.8) is 0 Å². The van der Waals surface area contributed by atoms with Gasteiger partial charge in [-0.3, -0.25) is 0 Å². The molecule has 6 atom stereocenters. The summed E-state index contributed by atoms with van der Waals surface area (Å²) in [5.41, 5.74) is 3.44. The van der Waals surface area contributed by atoms with Crippen molar-refractivity contribution in [1.29, 1.82) is 0 Å². The van der Waals surface area contributed by atoms with Gasteiger partial charge in [0.25, 0.3) is 0 Å². The molecule has 0 radical (unpaired) electrons. The lowest BCUT2D eigenvalue weighted by Gasteiger charge is -2.31. The van der Waals surface area contributed by atoms with E-state index in [4.69, 9.17) is 33.6 Å². The average Bonchev–Trinajstić information content (AvgIpc) is 4.26. The Hall–Kier alpha value is -1.55. The fourth-order valence-electron chi connectivity index (χ4n) is 11.4. The second-order valence-corrected chi connectivity index (χ2v) is 24.3. The third-order valence-corrected chi connectivity index (χ3v) is 16.7. The predicted molar refractivity (Wildman–Crippen MR) is 317 cm³/mol. The third-order valence-electron chi connectivity index (χ3n) is 16.7. The van der Waals surface area contributed by atoms with Gasteiger partial charge in [0.05, 0.1) is 50.3 Å². The Morgan fingerprint density at radius 3 is 0.933 bits per heavy atom. The van der Waals surface area contributed by atoms with Crippen molar-refractivity contribution < 1.29 is 28.5 Å². The Labute approximate surface area is 465 Å². The highest BCUT2D eigenvalue weighted by molar-refractivity contribution is 5.88. The summed E-state index contributed by atoms with van der Waals surface area (Å²) in [6.45, 7) is 9.41. The number of hydrogen-bond donors (Lipinski definition) is 1. The van der Waals surface area contributed by atoms with E-state index in [-0.39, 0.29) is 30.5 Å². The molecule has 4 rings (SSSR count). The SMILES string of the molecule is CCCCCCCCCCCCCCCCCC(CC1CO1)OC1=CC(OC(CCCCCCCCCCCCCCCCC)CC2CO2)=NN(OC(CCCCCCCCCCCCCCCCC)CC2CO2)N1. The smallest absolute Gasteiger partial charge is 0.241 e. The zero-order valence-electron chi connectivity index (χ0n) is 50.1. The quantitative estimate of drug-likeness (QED) is 0.0476. The van der Waals surface area contributed by atoms with Gasteiger partial charge in [0.2, 0.25) is 11.8 Å². The largest absolute Gasteiger partial charge is 0.474 e. The van der Waals surface area contributed by atoms with Crippen LogP contribution in [0.4, 0.5) is 0 Å². The van der Waals surface area contributed by atoms with Gasteiger partial charge in [0, 0.05) is 19.3 Å². The Bertz CT molecular complexity index is 1320. The van der Waals surface area contributed by atoms with E-state index in [0.717, 1.165) is 64.8 Å². The second-order valence-electron chi connectivity index (χ2n) is 24.3. The summed E-state index contributed by atoms with van der Waals surface area (Å²) in [4.78, 5) is 6.76. The first-order chi connectivity index (χ1) is 37.1. The van der Waals surface area contributed by atoms with Gasteiger partial charge in [0.1, 0.15) is 12.2 Å². The average molecular weight is 1060 g/mol. The van der Waals surface area contributed by atoms with Crippen molar-refractivity contribution >= 4 is 5.90 Å². The molecular formula is C66H125N3O6. The van der Waals surface area contributed by atoms with Crippen molar-refractivity contribution in [3.05, 3.63) is 12.0 Å². The van der Waals surface area contributed by atoms with Crippen LogP contribution < -0.4 is 5.43 Å². The van der Waals surface area contributed by atoms with Crippen LogP contribution in [-0.4, -0.2) is 67.6 Å². The minimum absolute atomic E-state index is 0.00304. The summed E-state index contributed by atoms with van der Waals surface area (Å²) in [7, 11) is 0. The first-order valence-corrected chi connectivity index (χ1v) is 33.9. The molecule has 0 aromatic carbocycles. The van der Waals surface area contributed by atoms with Crippen molar-refractivity contribution in [3.8, 4) is 0 Å². The van der Waals surface area contributed by atoms with Gasteiger partial charge in [-0.2, -0.15) is 0 Å². The Balaban J connectivity index is 1.22. The van der Waals surface area contributed by atoms with Crippen molar-refractivity contribution in [2.75, 3.05) is 19.8 Å². The van der Waals surface area contributed by atoms with E-state index >= 15 is 0 Å². The number of ether oxygens (including phenoxy) is 5. The number of hydrazone groups is 1. The fraction of sp³-hybridized carbons (Fsp3) is 0.955. The van der Waals surface area contributed by atoms with E-state index < -0.39 is 0 Å². The van der Waals surface area contributed by atoms with Crippen LogP contribution in [0.25, 0.3) is 0 Å². The van der Waals surface area contributed by atoms with E-state index in [1.165, 1.54) is 283 Å². The van der Waals surface area contributed by atoms with Crippen LogP contribution in [0.1, 0.15) is 348 Å². The molecule has 3 saturated heterocycles. The van der Waals surface area contributed by atoms with Gasteiger partial charge >= 0.3 is 0 Å². The van der Waals surface area contributed by atoms with Gasteiger partial charge in [-0.25, -0.2) is 10.3 Å². The van der Waals surface area contributed by atoms with Gasteiger partial charge in [-0.05, 0) is 32.1 Å². The van der Waals surface area contributed by atoms with E-state index in [1.54, 1.807) is 5.28 Å². The number of unbranched alkanes of at least 4 members (excludes halogenated alkanes) is 42. The molecule has 6 unspecified atom stereocenters. The van der Waals surface area contributed by atoms with Crippen LogP contribution in [0, 0.1) is 0 Å². The van der Waals surface area contributed by atoms with Crippen LogP contribution in [0.2, 0.25) is 0 Å². The van der Waals surface area contributed by atoms with Crippen molar-refractivity contribution in [2.24, 2.45) is 5.10 Å². The number of epoxide rings is 3. The van der Waals surface area contributed by atoms with Crippen LogP contribution in [-0.2, 0) is 28.5 Å². The van der Waals surface area contributed by atoms with Crippen molar-refractivity contribution in [1.82, 2.24) is 10.7 Å². The molecule has 75 heavy (non-hydrogen) atoms. The van der Waals surface area contributed by atoms with E-state index in [0.29, 0.717) is 17.9 Å². The Kier molecular flexibility index (Phi) is 41.6. The van der Waals surface area contributed by atoms with Crippen LogP contribution >= 0.6 is 0 Å². The normalized spacial score (nSPS) is 19.1. The topological polar surface area (TPSA) is 92.9 Å².